The highest BCUT2D eigenvalue weighted by atomic mass is 15.3. The maximum atomic E-state index is 4.73. The van der Waals surface area contributed by atoms with Crippen molar-refractivity contribution in [3.8, 4) is 22.8 Å². The summed E-state index contributed by atoms with van der Waals surface area (Å²) in [6.45, 7) is 3.47. The molecule has 0 amide bonds. The van der Waals surface area contributed by atoms with Crippen molar-refractivity contribution < 1.29 is 0 Å². The van der Waals surface area contributed by atoms with Gasteiger partial charge in [-0.05, 0) is 12.1 Å². The number of rotatable bonds is 5. The Morgan fingerprint density at radius 3 is 2.82 bits per heavy atom. The molecule has 4 heterocycles. The average molecular weight is 371 g/mol. The van der Waals surface area contributed by atoms with Gasteiger partial charge in [-0.3, -0.25) is 4.68 Å². The Kier molecular flexibility index (Phi) is 4.42. The Morgan fingerprint density at radius 1 is 1.00 bits per heavy atom. The fourth-order valence-corrected chi connectivity index (χ4v) is 3.53. The predicted octanol–water partition coefficient (Wildman–Crippen LogP) is 2.55. The zero-order valence-corrected chi connectivity index (χ0v) is 15.5. The van der Waals surface area contributed by atoms with Crippen LogP contribution in [0.3, 0.4) is 0 Å². The van der Waals surface area contributed by atoms with E-state index in [1.807, 2.05) is 42.9 Å². The maximum absolute atomic E-state index is 4.73. The molecule has 0 aliphatic carbocycles. The summed E-state index contributed by atoms with van der Waals surface area (Å²) in [6.07, 6.45) is 6.38. The number of benzene rings is 1. The van der Waals surface area contributed by atoms with Gasteiger partial charge in [0.05, 0.1) is 17.9 Å². The molecular weight excluding hydrogens is 350 g/mol. The van der Waals surface area contributed by atoms with Crippen molar-refractivity contribution in [1.29, 1.82) is 0 Å². The third kappa shape index (κ3) is 3.32. The lowest BCUT2D eigenvalue weighted by Gasteiger charge is -2.13. The Labute approximate surface area is 163 Å². The first-order valence-corrected chi connectivity index (χ1v) is 9.53. The predicted molar refractivity (Wildman–Crippen MR) is 106 cm³/mol. The minimum absolute atomic E-state index is 0.735. The van der Waals surface area contributed by atoms with Crippen molar-refractivity contribution >= 4 is 0 Å². The third-order valence-electron chi connectivity index (χ3n) is 4.97. The molecule has 7 nitrogen and oxygen atoms in total. The Morgan fingerprint density at radius 2 is 1.93 bits per heavy atom. The van der Waals surface area contributed by atoms with Crippen LogP contribution >= 0.6 is 0 Å². The van der Waals surface area contributed by atoms with Crippen LogP contribution < -0.4 is 5.32 Å². The van der Waals surface area contributed by atoms with E-state index < -0.39 is 0 Å². The normalized spacial score (nSPS) is 13.4. The van der Waals surface area contributed by atoms with Crippen LogP contribution in [-0.2, 0) is 26.1 Å². The van der Waals surface area contributed by atoms with Crippen molar-refractivity contribution in [3.05, 3.63) is 72.6 Å². The van der Waals surface area contributed by atoms with Crippen LogP contribution in [0.5, 0.6) is 0 Å². The quantitative estimate of drug-likeness (QED) is 0.584. The molecule has 0 saturated heterocycles. The van der Waals surface area contributed by atoms with E-state index in [2.05, 4.69) is 42.7 Å². The summed E-state index contributed by atoms with van der Waals surface area (Å²) >= 11 is 0. The molecule has 0 bridgehead atoms. The van der Waals surface area contributed by atoms with Crippen LogP contribution in [0.25, 0.3) is 22.8 Å². The van der Waals surface area contributed by atoms with Gasteiger partial charge in [0, 0.05) is 50.2 Å². The van der Waals surface area contributed by atoms with E-state index in [0.29, 0.717) is 0 Å². The van der Waals surface area contributed by atoms with Gasteiger partial charge in [0.15, 0.2) is 5.82 Å². The van der Waals surface area contributed by atoms with Crippen molar-refractivity contribution in [3.63, 3.8) is 0 Å². The highest BCUT2D eigenvalue weighted by Gasteiger charge is 2.16. The zero-order valence-electron chi connectivity index (χ0n) is 15.5. The van der Waals surface area contributed by atoms with Crippen molar-refractivity contribution in [2.24, 2.45) is 0 Å². The van der Waals surface area contributed by atoms with Crippen molar-refractivity contribution in [2.75, 3.05) is 6.54 Å². The lowest BCUT2D eigenvalue weighted by atomic mass is 10.1. The van der Waals surface area contributed by atoms with Gasteiger partial charge in [-0.2, -0.15) is 5.10 Å². The van der Waals surface area contributed by atoms with Crippen LogP contribution in [0, 0.1) is 0 Å². The monoisotopic (exact) mass is 371 g/mol. The molecule has 1 aromatic carbocycles. The van der Waals surface area contributed by atoms with E-state index in [9.17, 15) is 0 Å². The summed E-state index contributed by atoms with van der Waals surface area (Å²) in [5.41, 5.74) is 4.18. The van der Waals surface area contributed by atoms with E-state index in [1.54, 1.807) is 0 Å². The van der Waals surface area contributed by atoms with Crippen LogP contribution in [-0.4, -0.2) is 35.8 Å². The molecule has 1 N–H and O–H groups in total. The smallest absolute Gasteiger partial charge is 0.160 e. The lowest BCUT2D eigenvalue weighted by Crippen LogP contribution is -2.28. The number of hydrogen-bond donors (Lipinski definition) is 1. The van der Waals surface area contributed by atoms with Crippen LogP contribution in [0.1, 0.15) is 11.5 Å². The molecule has 140 valence electrons. The Hall–Kier alpha value is -3.32. The topological polar surface area (TPSA) is 73.5 Å². The molecule has 0 unspecified atom stereocenters. The Bertz CT molecular complexity index is 1060. The highest BCUT2D eigenvalue weighted by Crippen LogP contribution is 2.20. The van der Waals surface area contributed by atoms with Crippen LogP contribution in [0.2, 0.25) is 0 Å². The second-order valence-electron chi connectivity index (χ2n) is 6.84. The van der Waals surface area contributed by atoms with Gasteiger partial charge in [0.1, 0.15) is 11.5 Å². The van der Waals surface area contributed by atoms with E-state index in [1.165, 1.54) is 5.69 Å². The number of aromatic nitrogens is 6. The summed E-state index contributed by atoms with van der Waals surface area (Å²) < 4.78 is 4.19. The molecule has 1 aliphatic heterocycles. The van der Waals surface area contributed by atoms with E-state index in [-0.39, 0.29) is 0 Å². The molecule has 5 rings (SSSR count). The SMILES string of the molecule is c1ccc(-c2ccnc(CCn3ccnc3-c3cc4n(n3)CCNC4)n2)cc1. The molecule has 0 spiro atoms. The highest BCUT2D eigenvalue weighted by molar-refractivity contribution is 5.58. The number of fused-ring (bicyclic) bond motifs is 1. The van der Waals surface area contributed by atoms with Gasteiger partial charge in [0.2, 0.25) is 0 Å². The number of imidazole rings is 1. The number of aryl methyl sites for hydroxylation is 2. The number of nitrogens with one attached hydrogen (secondary N) is 1. The fraction of sp³-hybridized carbons (Fsp3) is 0.238. The minimum Gasteiger partial charge on any atom is -0.329 e. The standard InChI is InChI=1S/C21H21N7/c1-2-4-16(5-3-1)18-6-8-23-20(25-18)7-11-27-12-10-24-21(27)19-14-17-15-22-9-13-28(17)26-19/h1-6,8,10,12,14,22H,7,9,11,13,15H2. The Balaban J connectivity index is 1.35. The molecule has 0 saturated carbocycles. The third-order valence-corrected chi connectivity index (χ3v) is 4.97. The molecule has 4 aromatic rings. The number of hydrogen-bond acceptors (Lipinski definition) is 5. The van der Waals surface area contributed by atoms with Crippen molar-refractivity contribution in [2.45, 2.75) is 26.1 Å². The lowest BCUT2D eigenvalue weighted by molar-refractivity contribution is 0.476. The van der Waals surface area contributed by atoms with E-state index in [4.69, 9.17) is 10.1 Å². The van der Waals surface area contributed by atoms with Gasteiger partial charge >= 0.3 is 0 Å². The fourth-order valence-electron chi connectivity index (χ4n) is 3.53. The molecule has 1 aliphatic rings. The van der Waals surface area contributed by atoms with E-state index in [0.717, 1.165) is 61.2 Å². The second-order valence-corrected chi connectivity index (χ2v) is 6.84. The van der Waals surface area contributed by atoms with Crippen LogP contribution in [0.4, 0.5) is 0 Å². The summed E-state index contributed by atoms with van der Waals surface area (Å²) in [4.78, 5) is 13.7. The van der Waals surface area contributed by atoms with Gasteiger partial charge in [-0.1, -0.05) is 30.3 Å². The number of nitrogens with zero attached hydrogens (tertiary/aromatic N) is 6. The molecule has 0 fully saturated rings. The molecular formula is C21H21N7. The first-order valence-electron chi connectivity index (χ1n) is 9.53. The van der Waals surface area contributed by atoms with Gasteiger partial charge in [0.25, 0.3) is 0 Å². The summed E-state index contributed by atoms with van der Waals surface area (Å²) in [5, 5.41) is 8.10. The van der Waals surface area contributed by atoms with Crippen molar-refractivity contribution in [1.82, 2.24) is 34.6 Å². The summed E-state index contributed by atoms with van der Waals surface area (Å²) in [5.74, 6) is 1.72. The summed E-state index contributed by atoms with van der Waals surface area (Å²) in [6, 6.07) is 14.3. The first kappa shape index (κ1) is 16.8. The van der Waals surface area contributed by atoms with Crippen LogP contribution in [0.15, 0.2) is 61.1 Å². The molecule has 0 atom stereocenters. The molecule has 3 aromatic heterocycles. The molecule has 28 heavy (non-hydrogen) atoms. The second kappa shape index (κ2) is 7.36. The van der Waals surface area contributed by atoms with Gasteiger partial charge in [-0.15, -0.1) is 0 Å². The first-order chi connectivity index (χ1) is 13.9. The molecule has 7 heteroatoms. The largest absolute Gasteiger partial charge is 0.329 e. The van der Waals surface area contributed by atoms with Gasteiger partial charge < -0.3 is 9.88 Å². The summed E-state index contributed by atoms with van der Waals surface area (Å²) in [7, 11) is 0. The average Bonchev–Trinajstić information content (AvgIpc) is 3.39. The maximum Gasteiger partial charge on any atom is 0.160 e. The zero-order chi connectivity index (χ0) is 18.8. The van der Waals surface area contributed by atoms with Gasteiger partial charge in [-0.25, -0.2) is 15.0 Å². The van der Waals surface area contributed by atoms with E-state index >= 15 is 0 Å². The molecule has 0 radical (unpaired) electrons. The minimum atomic E-state index is 0.735.